The monoisotopic (exact) mass is 310 g/mol. The van der Waals surface area contributed by atoms with Crippen LogP contribution in [0.2, 0.25) is 0 Å². The highest BCUT2D eigenvalue weighted by Crippen LogP contribution is 2.44. The fourth-order valence-corrected chi connectivity index (χ4v) is 4.28. The lowest BCUT2D eigenvalue weighted by atomic mass is 9.74. The van der Waals surface area contributed by atoms with E-state index in [9.17, 15) is 4.79 Å². The molecule has 2 atom stereocenters. The Morgan fingerprint density at radius 1 is 1.43 bits per heavy atom. The Bertz CT molecular complexity index is 790. The Morgan fingerprint density at radius 3 is 3.13 bits per heavy atom. The largest absolute Gasteiger partial charge is 0.463 e. The second-order valence-electron chi connectivity index (χ2n) is 6.64. The lowest BCUT2D eigenvalue weighted by molar-refractivity contribution is -0.137. The van der Waals surface area contributed by atoms with Crippen LogP contribution in [0.4, 0.5) is 0 Å². The highest BCUT2D eigenvalue weighted by molar-refractivity contribution is 5.88. The van der Waals surface area contributed by atoms with Crippen molar-refractivity contribution in [2.45, 2.75) is 31.7 Å². The molecule has 2 aromatic rings. The van der Waals surface area contributed by atoms with Crippen LogP contribution < -0.4 is 0 Å². The first-order valence-electron chi connectivity index (χ1n) is 8.32. The van der Waals surface area contributed by atoms with Crippen LogP contribution in [0.15, 0.2) is 36.0 Å². The van der Waals surface area contributed by atoms with Crippen molar-refractivity contribution in [3.63, 3.8) is 0 Å². The van der Waals surface area contributed by atoms with Crippen LogP contribution in [0, 0.1) is 0 Å². The number of hydrogen-bond acceptors (Lipinski definition) is 3. The van der Waals surface area contributed by atoms with Gasteiger partial charge in [-0.25, -0.2) is 4.79 Å². The van der Waals surface area contributed by atoms with Gasteiger partial charge in [0, 0.05) is 41.7 Å². The molecule has 0 amide bonds. The summed E-state index contributed by atoms with van der Waals surface area (Å²) in [6.07, 6.45) is 5.87. The topological polar surface area (TPSA) is 45.3 Å². The summed E-state index contributed by atoms with van der Waals surface area (Å²) in [6, 6.07) is 7.02. The van der Waals surface area contributed by atoms with Crippen molar-refractivity contribution in [3.8, 4) is 0 Å². The number of likely N-dealkylation sites (N-methyl/N-ethyl adjacent to an activating group) is 1. The average Bonchev–Trinajstić information content (AvgIpc) is 2.93. The SMILES string of the molecule is CCOC(=O)/C=C1/C[C@@H]2c3cccc4[nH]cc(c34)C[C@H]2N(C)C1. The second kappa shape index (κ2) is 5.53. The van der Waals surface area contributed by atoms with Gasteiger partial charge in [-0.1, -0.05) is 12.1 Å². The molecule has 1 aromatic carbocycles. The molecule has 0 unspecified atom stereocenters. The number of likely N-dealkylation sites (tertiary alicyclic amines) is 1. The summed E-state index contributed by atoms with van der Waals surface area (Å²) in [5.41, 5.74) is 5.22. The number of piperidine rings is 1. The van der Waals surface area contributed by atoms with Gasteiger partial charge >= 0.3 is 5.97 Å². The Balaban J connectivity index is 1.72. The van der Waals surface area contributed by atoms with Gasteiger partial charge in [-0.3, -0.25) is 4.90 Å². The van der Waals surface area contributed by atoms with Crippen LogP contribution in [0.5, 0.6) is 0 Å². The van der Waals surface area contributed by atoms with Crippen LogP contribution in [0.3, 0.4) is 0 Å². The Morgan fingerprint density at radius 2 is 2.30 bits per heavy atom. The van der Waals surface area contributed by atoms with Gasteiger partial charge in [0.25, 0.3) is 0 Å². The van der Waals surface area contributed by atoms with E-state index in [1.54, 1.807) is 6.08 Å². The molecule has 4 nitrogen and oxygen atoms in total. The number of carbonyl (C=O) groups is 1. The minimum absolute atomic E-state index is 0.217. The average molecular weight is 310 g/mol. The van der Waals surface area contributed by atoms with Gasteiger partial charge < -0.3 is 9.72 Å². The Labute approximate surface area is 136 Å². The van der Waals surface area contributed by atoms with Gasteiger partial charge in [-0.05, 0) is 49.6 Å². The van der Waals surface area contributed by atoms with Crippen molar-refractivity contribution in [2.24, 2.45) is 0 Å². The maximum atomic E-state index is 11.8. The first-order valence-corrected chi connectivity index (χ1v) is 8.32. The van der Waals surface area contributed by atoms with Crippen LogP contribution in [-0.2, 0) is 16.0 Å². The number of nitrogens with zero attached hydrogens (tertiary/aromatic N) is 1. The fourth-order valence-electron chi connectivity index (χ4n) is 4.28. The van der Waals surface area contributed by atoms with E-state index >= 15 is 0 Å². The minimum atomic E-state index is -0.217. The van der Waals surface area contributed by atoms with E-state index in [0.29, 0.717) is 18.6 Å². The lowest BCUT2D eigenvalue weighted by Gasteiger charge is -2.43. The normalized spacial score (nSPS) is 25.6. The van der Waals surface area contributed by atoms with E-state index in [4.69, 9.17) is 4.74 Å². The maximum absolute atomic E-state index is 11.8. The summed E-state index contributed by atoms with van der Waals surface area (Å²) in [6.45, 7) is 3.11. The molecule has 1 N–H and O–H groups in total. The molecule has 1 fully saturated rings. The van der Waals surface area contributed by atoms with Crippen molar-refractivity contribution in [1.82, 2.24) is 9.88 Å². The lowest BCUT2D eigenvalue weighted by Crippen LogP contribution is -2.45. The summed E-state index contributed by atoms with van der Waals surface area (Å²) in [4.78, 5) is 17.6. The number of aromatic nitrogens is 1. The first kappa shape index (κ1) is 14.5. The quantitative estimate of drug-likeness (QED) is 0.685. The predicted molar refractivity (Wildman–Crippen MR) is 90.5 cm³/mol. The van der Waals surface area contributed by atoms with Crippen LogP contribution in [0.25, 0.3) is 10.9 Å². The summed E-state index contributed by atoms with van der Waals surface area (Å²) in [7, 11) is 2.16. The molecule has 23 heavy (non-hydrogen) atoms. The summed E-state index contributed by atoms with van der Waals surface area (Å²) < 4.78 is 5.08. The van der Waals surface area contributed by atoms with Crippen molar-refractivity contribution >= 4 is 16.9 Å². The molecule has 120 valence electrons. The molecule has 2 heterocycles. The number of nitrogens with one attached hydrogen (secondary N) is 1. The zero-order chi connectivity index (χ0) is 16.0. The molecule has 1 aliphatic carbocycles. The summed E-state index contributed by atoms with van der Waals surface area (Å²) in [5.74, 6) is 0.229. The molecule has 0 spiro atoms. The number of hydrogen-bond donors (Lipinski definition) is 1. The van der Waals surface area contributed by atoms with Gasteiger partial charge in [0.05, 0.1) is 6.61 Å². The van der Waals surface area contributed by atoms with Gasteiger partial charge in [0.2, 0.25) is 0 Å². The van der Waals surface area contributed by atoms with E-state index in [1.807, 2.05) is 6.92 Å². The van der Waals surface area contributed by atoms with Gasteiger partial charge in [0.15, 0.2) is 0 Å². The van der Waals surface area contributed by atoms with E-state index in [0.717, 1.165) is 19.4 Å². The minimum Gasteiger partial charge on any atom is -0.463 e. The molecule has 4 rings (SSSR count). The highest BCUT2D eigenvalue weighted by atomic mass is 16.5. The second-order valence-corrected chi connectivity index (χ2v) is 6.64. The fraction of sp³-hybridized carbons (Fsp3) is 0.421. The third-order valence-corrected chi connectivity index (χ3v) is 5.22. The van der Waals surface area contributed by atoms with Crippen molar-refractivity contribution in [1.29, 1.82) is 0 Å². The highest BCUT2D eigenvalue weighted by Gasteiger charge is 2.37. The number of aromatic amines is 1. The number of H-pyrrole nitrogens is 1. The van der Waals surface area contributed by atoms with E-state index in [1.165, 1.54) is 27.6 Å². The summed E-state index contributed by atoms with van der Waals surface area (Å²) >= 11 is 0. The summed E-state index contributed by atoms with van der Waals surface area (Å²) in [5, 5.41) is 1.39. The third kappa shape index (κ3) is 2.38. The van der Waals surface area contributed by atoms with Gasteiger partial charge in [-0.15, -0.1) is 0 Å². The molecular weight excluding hydrogens is 288 g/mol. The third-order valence-electron chi connectivity index (χ3n) is 5.22. The van der Waals surface area contributed by atoms with Crippen LogP contribution in [-0.4, -0.2) is 42.1 Å². The smallest absolute Gasteiger partial charge is 0.330 e. The Hall–Kier alpha value is -2.07. The van der Waals surface area contributed by atoms with E-state index < -0.39 is 0 Å². The molecule has 2 aliphatic rings. The van der Waals surface area contributed by atoms with Crippen molar-refractivity contribution in [2.75, 3.05) is 20.2 Å². The molecule has 0 radical (unpaired) electrons. The first-order chi connectivity index (χ1) is 11.2. The molecular formula is C19H22N2O2. The number of fused-ring (bicyclic) bond motifs is 2. The number of esters is 1. The molecule has 4 heteroatoms. The van der Waals surface area contributed by atoms with E-state index in [2.05, 4.69) is 41.3 Å². The molecule has 0 bridgehead atoms. The van der Waals surface area contributed by atoms with Gasteiger partial charge in [-0.2, -0.15) is 0 Å². The number of ether oxygens (including phenoxy) is 1. The van der Waals surface area contributed by atoms with Crippen molar-refractivity contribution in [3.05, 3.63) is 47.2 Å². The number of carbonyl (C=O) groups excluding carboxylic acids is 1. The van der Waals surface area contributed by atoms with E-state index in [-0.39, 0.29) is 5.97 Å². The van der Waals surface area contributed by atoms with Crippen LogP contribution in [0.1, 0.15) is 30.4 Å². The van der Waals surface area contributed by atoms with Gasteiger partial charge in [0.1, 0.15) is 0 Å². The Kier molecular flexibility index (Phi) is 3.49. The van der Waals surface area contributed by atoms with Crippen LogP contribution >= 0.6 is 0 Å². The molecule has 1 aromatic heterocycles. The zero-order valence-electron chi connectivity index (χ0n) is 13.6. The zero-order valence-corrected chi connectivity index (χ0v) is 13.6. The maximum Gasteiger partial charge on any atom is 0.330 e. The standard InChI is InChI=1S/C19H22N2O2/c1-3-23-18(22)8-12-7-15-14-5-4-6-16-19(14)13(10-20-16)9-17(15)21(2)11-12/h4-6,8,10,15,17,20H,3,7,9,11H2,1-2H3/b12-8-/t15-,17-/m1/s1. The molecule has 1 saturated heterocycles. The van der Waals surface area contributed by atoms with Crippen molar-refractivity contribution < 1.29 is 9.53 Å². The molecule has 0 saturated carbocycles. The number of benzene rings is 1. The number of rotatable bonds is 2. The predicted octanol–water partition coefficient (Wildman–Crippen LogP) is 3.00. The molecule has 1 aliphatic heterocycles.